The zero-order valence-corrected chi connectivity index (χ0v) is 19.8. The van der Waals surface area contributed by atoms with Crippen LogP contribution >= 0.6 is 23.1 Å². The second kappa shape index (κ2) is 11.1. The van der Waals surface area contributed by atoms with Crippen LogP contribution in [-0.2, 0) is 22.6 Å². The Morgan fingerprint density at radius 1 is 0.970 bits per heavy atom. The van der Waals surface area contributed by atoms with Gasteiger partial charge in [-0.1, -0.05) is 78.5 Å². The molecule has 2 aromatic heterocycles. The van der Waals surface area contributed by atoms with Crippen LogP contribution in [0, 0.1) is 0 Å². The molecule has 1 atom stereocenters. The lowest BCUT2D eigenvalue weighted by molar-refractivity contribution is -0.125. The number of Topliss-reactive ketones (excluding diaryl/α,β-unsaturated/α-hetero) is 1. The van der Waals surface area contributed by atoms with Crippen molar-refractivity contribution in [2.75, 3.05) is 5.75 Å². The quantitative estimate of drug-likeness (QED) is 0.342. The first-order valence-corrected chi connectivity index (χ1v) is 12.4. The van der Waals surface area contributed by atoms with Gasteiger partial charge in [0.05, 0.1) is 23.2 Å². The number of carbonyl (C=O) groups excluding carboxylic acids is 2. The van der Waals surface area contributed by atoms with E-state index in [0.29, 0.717) is 18.1 Å². The maximum Gasteiger partial charge on any atom is 0.231 e. The van der Waals surface area contributed by atoms with Crippen LogP contribution in [0.5, 0.6) is 0 Å². The van der Waals surface area contributed by atoms with Gasteiger partial charge in [-0.15, -0.1) is 21.5 Å². The van der Waals surface area contributed by atoms with E-state index in [9.17, 15) is 9.59 Å². The SMILES string of the molecule is CC(=O)C(Cc1ccccc1)NC(=O)CSc1nnc(-c2cccs2)n1Cc1ccccc1. The molecule has 6 nitrogen and oxygen atoms in total. The summed E-state index contributed by atoms with van der Waals surface area (Å²) >= 11 is 2.92. The van der Waals surface area contributed by atoms with E-state index < -0.39 is 6.04 Å². The van der Waals surface area contributed by atoms with E-state index in [0.717, 1.165) is 21.8 Å². The van der Waals surface area contributed by atoms with Crippen molar-refractivity contribution in [3.05, 3.63) is 89.3 Å². The summed E-state index contributed by atoms with van der Waals surface area (Å²) in [4.78, 5) is 25.8. The van der Waals surface area contributed by atoms with E-state index in [2.05, 4.69) is 27.6 Å². The molecular formula is C25H24N4O2S2. The predicted molar refractivity (Wildman–Crippen MR) is 132 cm³/mol. The van der Waals surface area contributed by atoms with Gasteiger partial charge in [-0.25, -0.2) is 0 Å². The number of ketones is 1. The Labute approximate surface area is 201 Å². The Morgan fingerprint density at radius 3 is 2.30 bits per heavy atom. The minimum absolute atomic E-state index is 0.0653. The Balaban J connectivity index is 1.46. The highest BCUT2D eigenvalue weighted by atomic mass is 32.2. The van der Waals surface area contributed by atoms with E-state index in [-0.39, 0.29) is 17.4 Å². The third-order valence-electron chi connectivity index (χ3n) is 5.08. The van der Waals surface area contributed by atoms with Gasteiger partial charge in [0.25, 0.3) is 0 Å². The molecule has 0 bridgehead atoms. The Morgan fingerprint density at radius 2 is 1.67 bits per heavy atom. The van der Waals surface area contributed by atoms with Gasteiger partial charge < -0.3 is 5.32 Å². The van der Waals surface area contributed by atoms with Crippen LogP contribution in [0.15, 0.2) is 83.3 Å². The molecule has 0 aliphatic carbocycles. The summed E-state index contributed by atoms with van der Waals surface area (Å²) < 4.78 is 2.03. The minimum Gasteiger partial charge on any atom is -0.345 e. The molecule has 0 spiro atoms. The predicted octanol–water partition coefficient (Wildman–Crippen LogP) is 4.46. The van der Waals surface area contributed by atoms with Gasteiger partial charge >= 0.3 is 0 Å². The summed E-state index contributed by atoms with van der Waals surface area (Å²) in [6, 6.07) is 23.2. The van der Waals surface area contributed by atoms with Crippen molar-refractivity contribution in [1.82, 2.24) is 20.1 Å². The van der Waals surface area contributed by atoms with Crippen LogP contribution in [0.1, 0.15) is 18.1 Å². The van der Waals surface area contributed by atoms with Crippen molar-refractivity contribution in [1.29, 1.82) is 0 Å². The van der Waals surface area contributed by atoms with Gasteiger partial charge in [0.2, 0.25) is 5.91 Å². The molecule has 1 unspecified atom stereocenters. The highest BCUT2D eigenvalue weighted by Gasteiger charge is 2.20. The fourth-order valence-corrected chi connectivity index (χ4v) is 4.87. The fraction of sp³-hybridized carbons (Fsp3) is 0.200. The number of hydrogen-bond acceptors (Lipinski definition) is 6. The van der Waals surface area contributed by atoms with Crippen molar-refractivity contribution in [2.24, 2.45) is 0 Å². The van der Waals surface area contributed by atoms with Gasteiger partial charge in [0, 0.05) is 0 Å². The second-order valence-corrected chi connectivity index (χ2v) is 9.45. The lowest BCUT2D eigenvalue weighted by Gasteiger charge is -2.16. The maximum atomic E-state index is 12.7. The van der Waals surface area contributed by atoms with Crippen LogP contribution < -0.4 is 5.32 Å². The van der Waals surface area contributed by atoms with Crippen molar-refractivity contribution in [2.45, 2.75) is 31.1 Å². The van der Waals surface area contributed by atoms with Crippen molar-refractivity contribution < 1.29 is 9.59 Å². The molecular weight excluding hydrogens is 452 g/mol. The average molecular weight is 477 g/mol. The smallest absolute Gasteiger partial charge is 0.231 e. The van der Waals surface area contributed by atoms with Crippen LogP contribution in [0.4, 0.5) is 0 Å². The van der Waals surface area contributed by atoms with Crippen LogP contribution in [-0.4, -0.2) is 38.2 Å². The van der Waals surface area contributed by atoms with E-state index in [4.69, 9.17) is 0 Å². The van der Waals surface area contributed by atoms with Crippen molar-refractivity contribution in [3.8, 4) is 10.7 Å². The molecule has 0 saturated heterocycles. The first kappa shape index (κ1) is 22.9. The molecule has 168 valence electrons. The fourth-order valence-electron chi connectivity index (χ4n) is 3.40. The summed E-state index contributed by atoms with van der Waals surface area (Å²) in [5.41, 5.74) is 2.13. The monoisotopic (exact) mass is 476 g/mol. The number of nitrogens with one attached hydrogen (secondary N) is 1. The van der Waals surface area contributed by atoms with E-state index >= 15 is 0 Å². The highest BCUT2D eigenvalue weighted by Crippen LogP contribution is 2.28. The molecule has 2 heterocycles. The zero-order chi connectivity index (χ0) is 23.0. The number of carbonyl (C=O) groups is 2. The lowest BCUT2D eigenvalue weighted by atomic mass is 10.0. The molecule has 0 aliphatic rings. The van der Waals surface area contributed by atoms with Crippen molar-refractivity contribution in [3.63, 3.8) is 0 Å². The summed E-state index contributed by atoms with van der Waals surface area (Å²) in [5.74, 6) is 0.658. The normalized spacial score (nSPS) is 11.8. The first-order chi connectivity index (χ1) is 16.1. The third-order valence-corrected chi connectivity index (χ3v) is 6.92. The largest absolute Gasteiger partial charge is 0.345 e. The van der Waals surface area contributed by atoms with E-state index in [1.165, 1.54) is 18.7 Å². The van der Waals surface area contributed by atoms with Gasteiger partial charge in [-0.2, -0.15) is 0 Å². The molecule has 1 N–H and O–H groups in total. The number of thiophene rings is 1. The molecule has 0 saturated carbocycles. The zero-order valence-electron chi connectivity index (χ0n) is 18.2. The lowest BCUT2D eigenvalue weighted by Crippen LogP contribution is -2.42. The summed E-state index contributed by atoms with van der Waals surface area (Å²) in [6.45, 7) is 2.11. The van der Waals surface area contributed by atoms with E-state index in [1.54, 1.807) is 11.3 Å². The van der Waals surface area contributed by atoms with Crippen LogP contribution in [0.25, 0.3) is 10.7 Å². The molecule has 4 aromatic rings. The number of nitrogens with zero attached hydrogens (tertiary/aromatic N) is 3. The van der Waals surface area contributed by atoms with Crippen LogP contribution in [0.3, 0.4) is 0 Å². The van der Waals surface area contributed by atoms with Gasteiger partial charge in [0.15, 0.2) is 16.8 Å². The maximum absolute atomic E-state index is 12.7. The molecule has 33 heavy (non-hydrogen) atoms. The summed E-state index contributed by atoms with van der Waals surface area (Å²) in [7, 11) is 0. The number of rotatable bonds is 10. The van der Waals surface area contributed by atoms with Crippen molar-refractivity contribution >= 4 is 34.8 Å². The van der Waals surface area contributed by atoms with Gasteiger partial charge in [-0.3, -0.25) is 14.2 Å². The molecule has 2 aromatic carbocycles. The number of amides is 1. The summed E-state index contributed by atoms with van der Waals surface area (Å²) in [6.07, 6.45) is 0.472. The number of thioether (sulfide) groups is 1. The minimum atomic E-state index is -0.552. The molecule has 0 aliphatic heterocycles. The Hall–Kier alpha value is -3.23. The van der Waals surface area contributed by atoms with E-state index in [1.807, 2.05) is 70.6 Å². The highest BCUT2D eigenvalue weighted by molar-refractivity contribution is 7.99. The molecule has 1 amide bonds. The third kappa shape index (κ3) is 6.18. The Kier molecular flexibility index (Phi) is 7.70. The summed E-state index contributed by atoms with van der Waals surface area (Å²) in [5, 5.41) is 14.3. The topological polar surface area (TPSA) is 76.9 Å². The second-order valence-electron chi connectivity index (χ2n) is 7.56. The molecule has 4 rings (SSSR count). The molecule has 8 heteroatoms. The van der Waals surface area contributed by atoms with Crippen LogP contribution in [0.2, 0.25) is 0 Å². The first-order valence-electron chi connectivity index (χ1n) is 10.6. The molecule has 0 fully saturated rings. The number of aromatic nitrogens is 3. The average Bonchev–Trinajstić information content (AvgIpc) is 3.49. The van der Waals surface area contributed by atoms with Gasteiger partial charge in [0.1, 0.15) is 0 Å². The number of benzene rings is 2. The Bertz CT molecular complexity index is 1190. The van der Waals surface area contributed by atoms with Gasteiger partial charge in [-0.05, 0) is 35.9 Å². The molecule has 0 radical (unpaired) electrons. The number of hydrogen-bond donors (Lipinski definition) is 1. The standard InChI is InChI=1S/C25H24N4O2S2/c1-18(30)21(15-19-9-4-2-5-10-19)26-23(31)17-33-25-28-27-24(22-13-8-14-32-22)29(25)16-20-11-6-3-7-12-20/h2-14,21H,15-17H2,1H3,(H,26,31).